The molecule has 33 heavy (non-hydrogen) atoms. The van der Waals surface area contributed by atoms with Crippen LogP contribution in [-0.4, -0.2) is 18.5 Å². The van der Waals surface area contributed by atoms with Gasteiger partial charge >= 0.3 is 11.9 Å². The SMILES string of the molecule is CCCCCCCCCCCOC(=O)CCCCCCCCC(=O)Oc1ccc(Cl)cc1C. The maximum Gasteiger partial charge on any atom is 0.311 e. The summed E-state index contributed by atoms with van der Waals surface area (Å²) in [5.74, 6) is 0.319. The second-order valence-corrected chi connectivity index (χ2v) is 9.49. The van der Waals surface area contributed by atoms with E-state index in [1.165, 1.54) is 44.9 Å². The highest BCUT2D eigenvalue weighted by molar-refractivity contribution is 6.30. The Balaban J connectivity index is 1.87. The minimum Gasteiger partial charge on any atom is -0.466 e. The molecule has 0 spiro atoms. The van der Waals surface area contributed by atoms with Gasteiger partial charge in [0.05, 0.1) is 6.61 Å². The molecular weight excluding hydrogens is 436 g/mol. The number of benzene rings is 1. The van der Waals surface area contributed by atoms with Gasteiger partial charge in [0.1, 0.15) is 5.75 Å². The molecule has 4 nitrogen and oxygen atoms in total. The van der Waals surface area contributed by atoms with Crippen LogP contribution in [0.5, 0.6) is 5.75 Å². The third-order valence-electron chi connectivity index (χ3n) is 5.88. The number of ether oxygens (including phenoxy) is 2. The van der Waals surface area contributed by atoms with E-state index in [0.717, 1.165) is 56.9 Å². The average molecular weight is 481 g/mol. The molecule has 188 valence electrons. The molecule has 0 aliphatic rings. The highest BCUT2D eigenvalue weighted by atomic mass is 35.5. The molecule has 0 radical (unpaired) electrons. The number of esters is 2. The van der Waals surface area contributed by atoms with Crippen LogP contribution in [0, 0.1) is 6.92 Å². The normalized spacial score (nSPS) is 10.9. The molecule has 0 atom stereocenters. The predicted molar refractivity (Wildman–Crippen MR) is 137 cm³/mol. The summed E-state index contributed by atoms with van der Waals surface area (Å²) in [6, 6.07) is 5.25. The first-order valence-corrected chi connectivity index (χ1v) is 13.5. The number of halogens is 1. The molecule has 0 aliphatic heterocycles. The zero-order chi connectivity index (χ0) is 24.2. The fraction of sp³-hybridized carbons (Fsp3) is 0.714. The van der Waals surface area contributed by atoms with Crippen LogP contribution in [0.3, 0.4) is 0 Å². The Hall–Kier alpha value is -1.55. The molecule has 0 saturated heterocycles. The van der Waals surface area contributed by atoms with Gasteiger partial charge in [-0.1, -0.05) is 95.6 Å². The summed E-state index contributed by atoms with van der Waals surface area (Å²) in [6.45, 7) is 4.69. The quantitative estimate of drug-likeness (QED) is 0.106. The van der Waals surface area contributed by atoms with Gasteiger partial charge in [0.15, 0.2) is 0 Å². The maximum absolute atomic E-state index is 12.0. The lowest BCUT2D eigenvalue weighted by atomic mass is 10.1. The zero-order valence-corrected chi connectivity index (χ0v) is 21.7. The Bertz CT molecular complexity index is 659. The smallest absolute Gasteiger partial charge is 0.311 e. The number of rotatable bonds is 20. The van der Waals surface area contributed by atoms with Crippen molar-refractivity contribution in [2.75, 3.05) is 6.61 Å². The molecule has 0 heterocycles. The molecule has 0 fully saturated rings. The van der Waals surface area contributed by atoms with Gasteiger partial charge in [-0.25, -0.2) is 0 Å². The largest absolute Gasteiger partial charge is 0.466 e. The van der Waals surface area contributed by atoms with E-state index >= 15 is 0 Å². The molecule has 0 aliphatic carbocycles. The number of aryl methyl sites for hydroxylation is 1. The van der Waals surface area contributed by atoms with Crippen LogP contribution in [0.15, 0.2) is 18.2 Å². The van der Waals surface area contributed by atoms with Crippen LogP contribution in [0.25, 0.3) is 0 Å². The van der Waals surface area contributed by atoms with E-state index in [2.05, 4.69) is 6.92 Å². The Kier molecular flexibility index (Phi) is 17.8. The summed E-state index contributed by atoms with van der Waals surface area (Å²) in [6.07, 6.45) is 18.3. The molecule has 0 bridgehead atoms. The van der Waals surface area contributed by atoms with Gasteiger partial charge in [-0.3, -0.25) is 9.59 Å². The first-order valence-electron chi connectivity index (χ1n) is 13.2. The van der Waals surface area contributed by atoms with E-state index in [9.17, 15) is 9.59 Å². The second kappa shape index (κ2) is 19.9. The first kappa shape index (κ1) is 29.5. The molecule has 0 saturated carbocycles. The summed E-state index contributed by atoms with van der Waals surface area (Å²) < 4.78 is 10.7. The number of carbonyl (C=O) groups excluding carboxylic acids is 2. The monoisotopic (exact) mass is 480 g/mol. The van der Waals surface area contributed by atoms with Crippen molar-refractivity contribution in [2.45, 2.75) is 123 Å². The molecular formula is C28H45ClO4. The van der Waals surface area contributed by atoms with Gasteiger partial charge in [-0.05, 0) is 49.9 Å². The summed E-state index contributed by atoms with van der Waals surface area (Å²) in [7, 11) is 0. The van der Waals surface area contributed by atoms with Gasteiger partial charge in [-0.15, -0.1) is 0 Å². The van der Waals surface area contributed by atoms with Gasteiger partial charge in [0.25, 0.3) is 0 Å². The Labute approximate surface area is 206 Å². The number of hydrogen-bond acceptors (Lipinski definition) is 4. The third kappa shape index (κ3) is 16.7. The van der Waals surface area contributed by atoms with Gasteiger partial charge in [0.2, 0.25) is 0 Å². The Morgan fingerprint density at radius 3 is 1.82 bits per heavy atom. The zero-order valence-electron chi connectivity index (χ0n) is 21.0. The van der Waals surface area contributed by atoms with E-state index in [1.807, 2.05) is 6.92 Å². The van der Waals surface area contributed by atoms with Crippen molar-refractivity contribution in [3.05, 3.63) is 28.8 Å². The Morgan fingerprint density at radius 2 is 1.24 bits per heavy atom. The standard InChI is InChI=1S/C28H45ClO4/c1-3-4-5-6-7-8-11-14-17-22-32-27(30)18-15-12-9-10-13-16-19-28(31)33-26-21-20-25(29)23-24(26)2/h20-21,23H,3-19,22H2,1-2H3. The van der Waals surface area contributed by atoms with Crippen LogP contribution in [0.4, 0.5) is 0 Å². The van der Waals surface area contributed by atoms with Crippen molar-refractivity contribution < 1.29 is 19.1 Å². The van der Waals surface area contributed by atoms with Crippen molar-refractivity contribution in [3.63, 3.8) is 0 Å². The van der Waals surface area contributed by atoms with E-state index in [-0.39, 0.29) is 11.9 Å². The fourth-order valence-corrected chi connectivity index (χ4v) is 4.04. The van der Waals surface area contributed by atoms with E-state index in [4.69, 9.17) is 21.1 Å². The minimum atomic E-state index is -0.199. The lowest BCUT2D eigenvalue weighted by Gasteiger charge is -2.07. The van der Waals surface area contributed by atoms with Gasteiger partial charge < -0.3 is 9.47 Å². The van der Waals surface area contributed by atoms with Crippen molar-refractivity contribution in [1.82, 2.24) is 0 Å². The lowest BCUT2D eigenvalue weighted by molar-refractivity contribution is -0.144. The fourth-order valence-electron chi connectivity index (χ4n) is 3.82. The van der Waals surface area contributed by atoms with Crippen LogP contribution < -0.4 is 4.74 Å². The second-order valence-electron chi connectivity index (χ2n) is 9.05. The van der Waals surface area contributed by atoms with Crippen LogP contribution in [-0.2, 0) is 14.3 Å². The van der Waals surface area contributed by atoms with Crippen LogP contribution in [0.2, 0.25) is 5.02 Å². The van der Waals surface area contributed by atoms with Crippen molar-refractivity contribution >= 4 is 23.5 Å². The number of carbonyl (C=O) groups is 2. The number of unbranched alkanes of at least 4 members (excludes halogenated alkanes) is 13. The molecule has 0 unspecified atom stereocenters. The van der Waals surface area contributed by atoms with Crippen LogP contribution in [0.1, 0.15) is 122 Å². The third-order valence-corrected chi connectivity index (χ3v) is 6.12. The van der Waals surface area contributed by atoms with E-state index < -0.39 is 0 Å². The molecule has 1 rings (SSSR count). The molecule has 0 N–H and O–H groups in total. The van der Waals surface area contributed by atoms with Crippen molar-refractivity contribution in [1.29, 1.82) is 0 Å². The topological polar surface area (TPSA) is 52.6 Å². The molecule has 1 aromatic carbocycles. The minimum absolute atomic E-state index is 0.0604. The summed E-state index contributed by atoms with van der Waals surface area (Å²) >= 11 is 5.92. The van der Waals surface area contributed by atoms with Gasteiger partial charge in [-0.2, -0.15) is 0 Å². The maximum atomic E-state index is 12.0. The van der Waals surface area contributed by atoms with Crippen LogP contribution >= 0.6 is 11.6 Å². The van der Waals surface area contributed by atoms with Crippen molar-refractivity contribution in [2.24, 2.45) is 0 Å². The summed E-state index contributed by atoms with van der Waals surface area (Å²) in [5, 5.41) is 0.638. The van der Waals surface area contributed by atoms with E-state index in [0.29, 0.717) is 30.2 Å². The first-order chi connectivity index (χ1) is 16.0. The molecule has 0 amide bonds. The highest BCUT2D eigenvalue weighted by Crippen LogP contribution is 2.22. The highest BCUT2D eigenvalue weighted by Gasteiger charge is 2.08. The molecule has 1 aromatic rings. The van der Waals surface area contributed by atoms with E-state index in [1.54, 1.807) is 18.2 Å². The number of hydrogen-bond donors (Lipinski definition) is 0. The average Bonchev–Trinajstić information content (AvgIpc) is 2.78. The van der Waals surface area contributed by atoms with Crippen molar-refractivity contribution in [3.8, 4) is 5.75 Å². The Morgan fingerprint density at radius 1 is 0.727 bits per heavy atom. The lowest BCUT2D eigenvalue weighted by Crippen LogP contribution is -2.08. The predicted octanol–water partition coefficient (Wildman–Crippen LogP) is 8.75. The summed E-state index contributed by atoms with van der Waals surface area (Å²) in [4.78, 5) is 23.8. The molecule has 0 aromatic heterocycles. The van der Waals surface area contributed by atoms with Gasteiger partial charge in [0, 0.05) is 17.9 Å². The summed E-state index contributed by atoms with van der Waals surface area (Å²) in [5.41, 5.74) is 0.863. The molecule has 5 heteroatoms.